The number of H-pyrrole nitrogens is 1. The third kappa shape index (κ3) is 3.74. The number of amides is 1. The molecular formula is C17H20N6O2. The molecule has 1 atom stereocenters. The van der Waals surface area contributed by atoms with Crippen LogP contribution in [0.3, 0.4) is 0 Å². The number of carbonyl (C=O) groups excluding carboxylic acids is 1. The average Bonchev–Trinajstić information content (AvgIpc) is 3.22. The van der Waals surface area contributed by atoms with Crippen molar-refractivity contribution >= 4 is 5.91 Å². The minimum Gasteiger partial charge on any atom is -0.383 e. The number of rotatable bonds is 5. The Bertz CT molecular complexity index is 879. The molecule has 3 aromatic rings. The van der Waals surface area contributed by atoms with Gasteiger partial charge in [-0.25, -0.2) is 4.98 Å². The van der Waals surface area contributed by atoms with Crippen molar-refractivity contribution in [3.63, 3.8) is 0 Å². The van der Waals surface area contributed by atoms with Crippen molar-refractivity contribution < 1.29 is 9.90 Å². The summed E-state index contributed by atoms with van der Waals surface area (Å²) < 4.78 is 1.61. The summed E-state index contributed by atoms with van der Waals surface area (Å²) in [6.45, 7) is 3.55. The van der Waals surface area contributed by atoms with E-state index in [1.165, 1.54) is 0 Å². The van der Waals surface area contributed by atoms with E-state index in [-0.39, 0.29) is 12.5 Å². The number of nitrogens with zero attached hydrogens (tertiary/aromatic N) is 4. The van der Waals surface area contributed by atoms with Gasteiger partial charge in [-0.1, -0.05) is 12.1 Å². The molecule has 1 unspecified atom stereocenters. The largest absolute Gasteiger partial charge is 0.383 e. The molecule has 0 saturated heterocycles. The maximum absolute atomic E-state index is 12.3. The summed E-state index contributed by atoms with van der Waals surface area (Å²) >= 11 is 0. The topological polar surface area (TPSA) is 109 Å². The lowest BCUT2D eigenvalue weighted by molar-refractivity contribution is 0.0526. The Balaban J connectivity index is 1.65. The van der Waals surface area contributed by atoms with Gasteiger partial charge in [0.15, 0.2) is 5.82 Å². The summed E-state index contributed by atoms with van der Waals surface area (Å²) in [5, 5.41) is 24.2. The highest BCUT2D eigenvalue weighted by Crippen LogP contribution is 2.19. The van der Waals surface area contributed by atoms with E-state index in [1.54, 1.807) is 55.3 Å². The minimum absolute atomic E-state index is 0.0827. The molecule has 3 N–H and O–H groups in total. The number of aryl methyl sites for hydroxylation is 2. The second-order valence-electron chi connectivity index (χ2n) is 6.18. The highest BCUT2D eigenvalue weighted by molar-refractivity contribution is 5.94. The van der Waals surface area contributed by atoms with Crippen molar-refractivity contribution in [3.05, 3.63) is 53.6 Å². The molecule has 0 aliphatic heterocycles. The van der Waals surface area contributed by atoms with Crippen LogP contribution in [0.1, 0.15) is 28.7 Å². The van der Waals surface area contributed by atoms with Crippen LogP contribution in [0.2, 0.25) is 0 Å². The van der Waals surface area contributed by atoms with Gasteiger partial charge in [-0.05, 0) is 26.0 Å². The highest BCUT2D eigenvalue weighted by Gasteiger charge is 2.25. The molecule has 0 fully saturated rings. The maximum atomic E-state index is 12.3. The molecule has 1 aromatic carbocycles. The highest BCUT2D eigenvalue weighted by atomic mass is 16.3. The summed E-state index contributed by atoms with van der Waals surface area (Å²) in [5.41, 5.74) is 0.771. The van der Waals surface area contributed by atoms with Crippen LogP contribution in [0.5, 0.6) is 0 Å². The number of hydrogen-bond donors (Lipinski definition) is 3. The van der Waals surface area contributed by atoms with E-state index < -0.39 is 5.60 Å². The zero-order chi connectivity index (χ0) is 18.0. The van der Waals surface area contributed by atoms with Crippen LogP contribution in [0.25, 0.3) is 11.4 Å². The Morgan fingerprint density at radius 2 is 2.08 bits per heavy atom. The van der Waals surface area contributed by atoms with Gasteiger partial charge in [0.05, 0.1) is 12.7 Å². The normalized spacial score (nSPS) is 13.4. The van der Waals surface area contributed by atoms with E-state index in [0.29, 0.717) is 17.0 Å². The lowest BCUT2D eigenvalue weighted by atomic mass is 9.99. The average molecular weight is 340 g/mol. The molecule has 2 aromatic heterocycles. The first-order chi connectivity index (χ1) is 11.8. The second-order valence-corrected chi connectivity index (χ2v) is 6.18. The Labute approximate surface area is 144 Å². The quantitative estimate of drug-likeness (QED) is 0.646. The molecule has 0 saturated carbocycles. The van der Waals surface area contributed by atoms with Gasteiger partial charge in [0, 0.05) is 29.9 Å². The van der Waals surface area contributed by atoms with E-state index in [2.05, 4.69) is 25.6 Å². The predicted molar refractivity (Wildman–Crippen MR) is 91.7 cm³/mol. The molecule has 0 bridgehead atoms. The van der Waals surface area contributed by atoms with Gasteiger partial charge >= 0.3 is 0 Å². The van der Waals surface area contributed by atoms with Crippen LogP contribution in [0, 0.1) is 6.92 Å². The Morgan fingerprint density at radius 1 is 1.36 bits per heavy atom. The monoisotopic (exact) mass is 340 g/mol. The minimum atomic E-state index is -1.19. The first kappa shape index (κ1) is 16.8. The van der Waals surface area contributed by atoms with Gasteiger partial charge in [-0.3, -0.25) is 14.6 Å². The number of hydrogen-bond acceptors (Lipinski definition) is 5. The lowest BCUT2D eigenvalue weighted by Crippen LogP contribution is -2.38. The van der Waals surface area contributed by atoms with Gasteiger partial charge in [0.1, 0.15) is 11.4 Å². The van der Waals surface area contributed by atoms with E-state index in [0.717, 1.165) is 11.4 Å². The Hall–Kier alpha value is -3.00. The zero-order valence-corrected chi connectivity index (χ0v) is 14.3. The van der Waals surface area contributed by atoms with Gasteiger partial charge in [-0.2, -0.15) is 10.2 Å². The standard InChI is InChI=1S/C17H20N6O2/c1-11-20-15(22-21-11)12-4-6-13(7-5-12)16(24)18-10-17(2,25)14-8-19-23(3)9-14/h4-9,25H,10H2,1-3H3,(H,18,24)(H,20,21,22). The molecule has 130 valence electrons. The van der Waals surface area contributed by atoms with Crippen LogP contribution in [0.15, 0.2) is 36.7 Å². The summed E-state index contributed by atoms with van der Waals surface area (Å²) in [4.78, 5) is 16.6. The fourth-order valence-corrected chi connectivity index (χ4v) is 2.40. The lowest BCUT2D eigenvalue weighted by Gasteiger charge is -2.22. The number of carbonyl (C=O) groups is 1. The third-order valence-corrected chi connectivity index (χ3v) is 3.92. The smallest absolute Gasteiger partial charge is 0.251 e. The molecule has 3 rings (SSSR count). The summed E-state index contributed by atoms with van der Waals surface area (Å²) in [6.07, 6.45) is 3.31. The van der Waals surface area contributed by atoms with Crippen LogP contribution >= 0.6 is 0 Å². The van der Waals surface area contributed by atoms with Crippen LogP contribution in [0.4, 0.5) is 0 Å². The predicted octanol–water partition coefficient (Wildman–Crippen LogP) is 1.15. The Kier molecular flexibility index (Phi) is 4.37. The van der Waals surface area contributed by atoms with E-state index in [1.807, 2.05) is 6.92 Å². The summed E-state index contributed by atoms with van der Waals surface area (Å²) in [5.74, 6) is 1.06. The summed E-state index contributed by atoms with van der Waals surface area (Å²) in [7, 11) is 1.77. The zero-order valence-electron chi connectivity index (χ0n) is 14.3. The number of aliphatic hydroxyl groups is 1. The van der Waals surface area contributed by atoms with E-state index in [9.17, 15) is 9.90 Å². The number of aromatic nitrogens is 5. The summed E-state index contributed by atoms with van der Waals surface area (Å²) in [6, 6.07) is 6.98. The van der Waals surface area contributed by atoms with Crippen LogP contribution in [-0.4, -0.2) is 42.5 Å². The third-order valence-electron chi connectivity index (χ3n) is 3.92. The van der Waals surface area contributed by atoms with Gasteiger partial charge in [-0.15, -0.1) is 0 Å². The van der Waals surface area contributed by atoms with Crippen molar-refractivity contribution in [2.24, 2.45) is 7.05 Å². The van der Waals surface area contributed by atoms with Gasteiger partial charge < -0.3 is 10.4 Å². The number of nitrogens with one attached hydrogen (secondary N) is 2. The molecule has 0 aliphatic rings. The van der Waals surface area contributed by atoms with Crippen molar-refractivity contribution in [1.82, 2.24) is 30.3 Å². The number of aromatic amines is 1. The van der Waals surface area contributed by atoms with Crippen LogP contribution < -0.4 is 5.32 Å². The van der Waals surface area contributed by atoms with Crippen LogP contribution in [-0.2, 0) is 12.6 Å². The number of benzene rings is 1. The first-order valence-electron chi connectivity index (χ1n) is 7.84. The van der Waals surface area contributed by atoms with E-state index >= 15 is 0 Å². The van der Waals surface area contributed by atoms with Gasteiger partial charge in [0.25, 0.3) is 5.91 Å². The molecule has 2 heterocycles. The molecule has 8 nitrogen and oxygen atoms in total. The molecule has 0 spiro atoms. The fraction of sp³-hybridized carbons (Fsp3) is 0.294. The van der Waals surface area contributed by atoms with Crippen molar-refractivity contribution in [1.29, 1.82) is 0 Å². The molecular weight excluding hydrogens is 320 g/mol. The molecule has 8 heteroatoms. The second kappa shape index (κ2) is 6.48. The molecule has 25 heavy (non-hydrogen) atoms. The van der Waals surface area contributed by atoms with Crippen molar-refractivity contribution in [2.75, 3.05) is 6.54 Å². The molecule has 0 radical (unpaired) electrons. The Morgan fingerprint density at radius 3 is 2.64 bits per heavy atom. The molecule has 0 aliphatic carbocycles. The maximum Gasteiger partial charge on any atom is 0.251 e. The van der Waals surface area contributed by atoms with E-state index in [4.69, 9.17) is 0 Å². The fourth-order valence-electron chi connectivity index (χ4n) is 2.40. The van der Waals surface area contributed by atoms with Crippen molar-refractivity contribution in [2.45, 2.75) is 19.4 Å². The van der Waals surface area contributed by atoms with Gasteiger partial charge in [0.2, 0.25) is 0 Å². The first-order valence-corrected chi connectivity index (χ1v) is 7.84. The SMILES string of the molecule is Cc1nc(-c2ccc(C(=O)NCC(C)(O)c3cnn(C)c3)cc2)n[nH]1. The van der Waals surface area contributed by atoms with Crippen molar-refractivity contribution in [3.8, 4) is 11.4 Å². The molecule has 1 amide bonds.